The number of rotatable bonds is 7. The normalized spacial score (nSPS) is 15.7. The molecule has 0 saturated heterocycles. The Labute approximate surface area is 123 Å². The van der Waals surface area contributed by atoms with E-state index in [-0.39, 0.29) is 6.61 Å². The summed E-state index contributed by atoms with van der Waals surface area (Å²) >= 11 is 1.64. The topological polar surface area (TPSA) is 49.5 Å². The van der Waals surface area contributed by atoms with Crippen LogP contribution < -0.4 is 0 Å². The molecular weight excluding hydrogens is 272 g/mol. The zero-order valence-electron chi connectivity index (χ0n) is 11.5. The van der Waals surface area contributed by atoms with Gasteiger partial charge in [0.1, 0.15) is 6.26 Å². The summed E-state index contributed by atoms with van der Waals surface area (Å²) in [7, 11) is 0. The smallest absolute Gasteiger partial charge is 0.236 e. The van der Waals surface area contributed by atoms with E-state index in [1.807, 2.05) is 17.5 Å². The molecule has 2 aromatic rings. The molecule has 3 rings (SSSR count). The third-order valence-corrected chi connectivity index (χ3v) is 4.70. The van der Waals surface area contributed by atoms with Crippen LogP contribution in [0.1, 0.15) is 31.4 Å². The van der Waals surface area contributed by atoms with Gasteiger partial charge in [0.05, 0.1) is 10.6 Å². The van der Waals surface area contributed by atoms with Gasteiger partial charge in [-0.2, -0.15) is 0 Å². The molecule has 108 valence electrons. The molecule has 2 heterocycles. The van der Waals surface area contributed by atoms with Crippen LogP contribution in [0.5, 0.6) is 0 Å². The summed E-state index contributed by atoms with van der Waals surface area (Å²) in [6.07, 6.45) is 6.44. The van der Waals surface area contributed by atoms with Crippen molar-refractivity contribution >= 4 is 11.3 Å². The molecule has 0 aromatic carbocycles. The van der Waals surface area contributed by atoms with Crippen molar-refractivity contribution in [2.24, 2.45) is 0 Å². The first kappa shape index (κ1) is 13.8. The lowest BCUT2D eigenvalue weighted by Gasteiger charge is -2.37. The van der Waals surface area contributed by atoms with Gasteiger partial charge in [0.25, 0.3) is 0 Å². The Morgan fingerprint density at radius 1 is 1.45 bits per heavy atom. The van der Waals surface area contributed by atoms with E-state index in [1.165, 1.54) is 19.3 Å². The molecule has 2 aromatic heterocycles. The van der Waals surface area contributed by atoms with E-state index in [1.54, 1.807) is 17.6 Å². The Hall–Kier alpha value is -1.17. The zero-order chi connectivity index (χ0) is 13.8. The monoisotopic (exact) mass is 292 g/mol. The second-order valence-corrected chi connectivity index (χ2v) is 6.20. The minimum absolute atomic E-state index is 0.252. The van der Waals surface area contributed by atoms with Gasteiger partial charge in [-0.25, -0.2) is 4.98 Å². The highest BCUT2D eigenvalue weighted by molar-refractivity contribution is 7.13. The van der Waals surface area contributed by atoms with E-state index < -0.39 is 0 Å². The van der Waals surface area contributed by atoms with Crippen LogP contribution in [-0.2, 0) is 6.54 Å². The SMILES string of the molecule is OCCCN(Cc1coc(-c2cccs2)n1)C1CCC1. The third kappa shape index (κ3) is 3.11. The second kappa shape index (κ2) is 6.52. The zero-order valence-corrected chi connectivity index (χ0v) is 12.3. The number of aromatic nitrogens is 1. The standard InChI is InChI=1S/C15H20N2O2S/c18-8-3-7-17(13-4-1-5-13)10-12-11-19-15(16-12)14-6-2-9-20-14/h2,6,9,11,13,18H,1,3-5,7-8,10H2. The molecule has 0 amide bonds. The average molecular weight is 292 g/mol. The molecule has 1 N–H and O–H groups in total. The highest BCUT2D eigenvalue weighted by atomic mass is 32.1. The van der Waals surface area contributed by atoms with Gasteiger partial charge in [0.15, 0.2) is 0 Å². The number of thiophene rings is 1. The first-order valence-corrected chi connectivity index (χ1v) is 8.08. The predicted molar refractivity (Wildman–Crippen MR) is 79.6 cm³/mol. The van der Waals surface area contributed by atoms with Gasteiger partial charge < -0.3 is 9.52 Å². The Morgan fingerprint density at radius 2 is 2.35 bits per heavy atom. The van der Waals surface area contributed by atoms with Gasteiger partial charge in [0, 0.05) is 25.7 Å². The lowest BCUT2D eigenvalue weighted by atomic mass is 9.91. The maximum Gasteiger partial charge on any atom is 0.236 e. The van der Waals surface area contributed by atoms with Crippen LogP contribution in [0.4, 0.5) is 0 Å². The van der Waals surface area contributed by atoms with Crippen LogP contribution in [-0.4, -0.2) is 34.2 Å². The molecule has 0 atom stereocenters. The molecule has 0 spiro atoms. The summed E-state index contributed by atoms with van der Waals surface area (Å²) in [5, 5.41) is 11.1. The predicted octanol–water partition coefficient (Wildman–Crippen LogP) is 3.14. The lowest BCUT2D eigenvalue weighted by molar-refractivity contribution is 0.108. The molecule has 4 nitrogen and oxygen atoms in total. The van der Waals surface area contributed by atoms with Crippen molar-refractivity contribution in [1.29, 1.82) is 0 Å². The largest absolute Gasteiger partial charge is 0.444 e. The summed E-state index contributed by atoms with van der Waals surface area (Å²) < 4.78 is 5.57. The van der Waals surface area contributed by atoms with Crippen molar-refractivity contribution in [3.63, 3.8) is 0 Å². The van der Waals surface area contributed by atoms with Crippen molar-refractivity contribution in [2.75, 3.05) is 13.2 Å². The van der Waals surface area contributed by atoms with E-state index in [2.05, 4.69) is 9.88 Å². The molecular formula is C15H20N2O2S. The maximum atomic E-state index is 9.02. The minimum Gasteiger partial charge on any atom is -0.444 e. The van der Waals surface area contributed by atoms with Gasteiger partial charge in [-0.15, -0.1) is 11.3 Å². The fourth-order valence-electron chi connectivity index (χ4n) is 2.52. The van der Waals surface area contributed by atoms with Crippen LogP contribution in [0.15, 0.2) is 28.2 Å². The van der Waals surface area contributed by atoms with Crippen LogP contribution in [0.2, 0.25) is 0 Å². The maximum absolute atomic E-state index is 9.02. The van der Waals surface area contributed by atoms with E-state index in [0.29, 0.717) is 11.9 Å². The second-order valence-electron chi connectivity index (χ2n) is 5.25. The molecule has 5 heteroatoms. The number of aliphatic hydroxyl groups is 1. The van der Waals surface area contributed by atoms with E-state index in [9.17, 15) is 0 Å². The average Bonchev–Trinajstić information content (AvgIpc) is 3.04. The van der Waals surface area contributed by atoms with Crippen molar-refractivity contribution in [3.05, 3.63) is 29.5 Å². The lowest BCUT2D eigenvalue weighted by Crippen LogP contribution is -2.40. The summed E-state index contributed by atoms with van der Waals surface area (Å²) in [4.78, 5) is 8.08. The van der Waals surface area contributed by atoms with Crippen molar-refractivity contribution in [2.45, 2.75) is 38.3 Å². The Morgan fingerprint density at radius 3 is 3.00 bits per heavy atom. The highest BCUT2D eigenvalue weighted by Crippen LogP contribution is 2.28. The number of oxazole rings is 1. The Kier molecular flexibility index (Phi) is 4.50. The van der Waals surface area contributed by atoms with Crippen molar-refractivity contribution in [3.8, 4) is 10.8 Å². The van der Waals surface area contributed by atoms with Gasteiger partial charge in [-0.05, 0) is 30.7 Å². The van der Waals surface area contributed by atoms with Crippen LogP contribution in [0, 0.1) is 0 Å². The van der Waals surface area contributed by atoms with Crippen molar-refractivity contribution < 1.29 is 9.52 Å². The summed E-state index contributed by atoms with van der Waals surface area (Å²) in [6, 6.07) is 4.69. The van der Waals surface area contributed by atoms with Gasteiger partial charge >= 0.3 is 0 Å². The molecule has 1 saturated carbocycles. The molecule has 1 aliphatic rings. The molecule has 0 radical (unpaired) electrons. The molecule has 1 aliphatic carbocycles. The van der Waals surface area contributed by atoms with E-state index in [4.69, 9.17) is 9.52 Å². The summed E-state index contributed by atoms with van der Waals surface area (Å²) in [5.74, 6) is 0.714. The summed E-state index contributed by atoms with van der Waals surface area (Å²) in [5.41, 5.74) is 0.984. The van der Waals surface area contributed by atoms with Crippen LogP contribution in [0.3, 0.4) is 0 Å². The summed E-state index contributed by atoms with van der Waals surface area (Å²) in [6.45, 7) is 2.00. The highest BCUT2D eigenvalue weighted by Gasteiger charge is 2.25. The quantitative estimate of drug-likeness (QED) is 0.851. The van der Waals surface area contributed by atoms with Crippen LogP contribution >= 0.6 is 11.3 Å². The third-order valence-electron chi connectivity index (χ3n) is 3.84. The first-order valence-electron chi connectivity index (χ1n) is 7.20. The number of hydrogen-bond donors (Lipinski definition) is 1. The van der Waals surface area contributed by atoms with Crippen LogP contribution in [0.25, 0.3) is 10.8 Å². The minimum atomic E-state index is 0.252. The first-order chi connectivity index (χ1) is 9.86. The van der Waals surface area contributed by atoms with E-state index >= 15 is 0 Å². The molecule has 0 bridgehead atoms. The molecule has 1 fully saturated rings. The van der Waals surface area contributed by atoms with Crippen molar-refractivity contribution in [1.82, 2.24) is 9.88 Å². The van der Waals surface area contributed by atoms with Gasteiger partial charge in [-0.3, -0.25) is 4.90 Å². The Bertz CT molecular complexity index is 520. The van der Waals surface area contributed by atoms with Gasteiger partial charge in [0.2, 0.25) is 5.89 Å². The fraction of sp³-hybridized carbons (Fsp3) is 0.533. The van der Waals surface area contributed by atoms with E-state index in [0.717, 1.165) is 30.1 Å². The number of nitrogens with zero attached hydrogens (tertiary/aromatic N) is 2. The number of hydrogen-bond acceptors (Lipinski definition) is 5. The Balaban J connectivity index is 1.65. The molecule has 0 unspecified atom stereocenters. The molecule has 20 heavy (non-hydrogen) atoms. The number of aliphatic hydroxyl groups excluding tert-OH is 1. The van der Waals surface area contributed by atoms with Gasteiger partial charge in [-0.1, -0.05) is 12.5 Å². The molecule has 0 aliphatic heterocycles. The fourth-order valence-corrected chi connectivity index (χ4v) is 3.17.